The molecule has 26 heavy (non-hydrogen) atoms. The van der Waals surface area contributed by atoms with Crippen LogP contribution in [-0.4, -0.2) is 71.6 Å². The van der Waals surface area contributed by atoms with Crippen molar-refractivity contribution in [1.29, 1.82) is 0 Å². The Balaban J connectivity index is 1.42. The van der Waals surface area contributed by atoms with E-state index in [2.05, 4.69) is 15.0 Å². The van der Waals surface area contributed by atoms with E-state index in [0.717, 1.165) is 5.56 Å². The van der Waals surface area contributed by atoms with Crippen molar-refractivity contribution in [3.63, 3.8) is 0 Å². The molecule has 5 rings (SSSR count). The van der Waals surface area contributed by atoms with Gasteiger partial charge in [-0.1, -0.05) is 30.3 Å². The summed E-state index contributed by atoms with van der Waals surface area (Å²) in [5, 5.41) is 9.69. The van der Waals surface area contributed by atoms with Gasteiger partial charge in [-0.3, -0.25) is 14.7 Å². The molecule has 2 fully saturated rings. The van der Waals surface area contributed by atoms with Crippen molar-refractivity contribution in [3.05, 3.63) is 35.9 Å². The third-order valence-electron chi connectivity index (χ3n) is 4.83. The summed E-state index contributed by atoms with van der Waals surface area (Å²) in [5.74, 6) is 0.0758. The summed E-state index contributed by atoms with van der Waals surface area (Å²) in [4.78, 5) is 25.5. The molecule has 0 spiro atoms. The van der Waals surface area contributed by atoms with E-state index in [9.17, 15) is 9.90 Å². The molecule has 4 aliphatic heterocycles. The fraction of sp³-hybridized carbons (Fsp3) is 0.412. The Bertz CT molecular complexity index is 811. The van der Waals surface area contributed by atoms with Crippen molar-refractivity contribution >= 4 is 24.4 Å². The summed E-state index contributed by atoms with van der Waals surface area (Å²) in [6.07, 6.45) is 0.146. The Kier molecular flexibility index (Phi) is 3.68. The minimum absolute atomic E-state index is 0.205. The Morgan fingerprint density at radius 1 is 1.12 bits per heavy atom. The predicted octanol–water partition coefficient (Wildman–Crippen LogP) is -0.134. The molecule has 1 N–H and O–H groups in total. The van der Waals surface area contributed by atoms with Gasteiger partial charge in [-0.15, -0.1) is 0 Å². The van der Waals surface area contributed by atoms with Crippen molar-refractivity contribution in [2.75, 3.05) is 6.61 Å². The Labute approximate surface area is 148 Å². The number of hydrogen-bond acceptors (Lipinski definition) is 8. The second-order valence-electron chi connectivity index (χ2n) is 6.34. The predicted molar refractivity (Wildman–Crippen MR) is 89.7 cm³/mol. The first-order chi connectivity index (χ1) is 12.8. The lowest BCUT2D eigenvalue weighted by atomic mass is 10.1. The largest absolute Gasteiger partial charge is 0.394 e. The minimum Gasteiger partial charge on any atom is -0.394 e. The second kappa shape index (κ2) is 6.06. The van der Waals surface area contributed by atoms with Crippen LogP contribution < -0.4 is 0 Å². The van der Waals surface area contributed by atoms with E-state index in [-0.39, 0.29) is 12.5 Å². The number of rotatable bonds is 3. The number of nitrogens with zero attached hydrogens (tertiary/aromatic N) is 4. The highest BCUT2D eigenvalue weighted by atomic mass is 16.8. The number of carbonyl (C=O) groups excluding carboxylic acids is 1. The highest BCUT2D eigenvalue weighted by Gasteiger charge is 2.56. The maximum atomic E-state index is 11.9. The molecule has 134 valence electrons. The third-order valence-corrected chi connectivity index (χ3v) is 4.83. The number of hydrogen-bond donors (Lipinski definition) is 1. The van der Waals surface area contributed by atoms with Crippen molar-refractivity contribution in [3.8, 4) is 0 Å². The van der Waals surface area contributed by atoms with Crippen LogP contribution in [0.5, 0.6) is 0 Å². The minimum atomic E-state index is -0.748. The first kappa shape index (κ1) is 15.8. The molecule has 0 aliphatic carbocycles. The van der Waals surface area contributed by atoms with Crippen LogP contribution >= 0.6 is 0 Å². The zero-order valence-electron chi connectivity index (χ0n) is 13.6. The highest BCUT2D eigenvalue weighted by Crippen LogP contribution is 2.41. The Morgan fingerprint density at radius 2 is 1.92 bits per heavy atom. The molecule has 0 bridgehead atoms. The van der Waals surface area contributed by atoms with E-state index < -0.39 is 36.9 Å². The molecular weight excluding hydrogens is 340 g/mol. The number of aliphatic hydroxyl groups excluding tert-OH is 1. The van der Waals surface area contributed by atoms with Gasteiger partial charge in [-0.25, -0.2) is 4.99 Å². The van der Waals surface area contributed by atoms with Crippen LogP contribution in [0, 0.1) is 0 Å². The van der Waals surface area contributed by atoms with Gasteiger partial charge < -0.3 is 19.3 Å². The topological polar surface area (TPSA) is 105 Å². The molecule has 4 heterocycles. The molecule has 0 radical (unpaired) electrons. The van der Waals surface area contributed by atoms with E-state index in [1.54, 1.807) is 4.90 Å². The number of ether oxygens (including phenoxy) is 3. The number of amides is 1. The smallest absolute Gasteiger partial charge is 0.279 e. The third kappa shape index (κ3) is 2.32. The van der Waals surface area contributed by atoms with Crippen molar-refractivity contribution < 1.29 is 24.1 Å². The van der Waals surface area contributed by atoms with Crippen molar-refractivity contribution in [2.45, 2.75) is 36.9 Å². The van der Waals surface area contributed by atoms with Crippen molar-refractivity contribution in [2.24, 2.45) is 15.0 Å². The lowest BCUT2D eigenvalue weighted by Crippen LogP contribution is -2.48. The highest BCUT2D eigenvalue weighted by molar-refractivity contribution is 6.19. The van der Waals surface area contributed by atoms with Crippen LogP contribution in [0.2, 0.25) is 0 Å². The van der Waals surface area contributed by atoms with Crippen LogP contribution in [0.4, 0.5) is 0 Å². The number of fused-ring (bicyclic) bond motifs is 2. The van der Waals surface area contributed by atoms with Gasteiger partial charge in [0.1, 0.15) is 30.5 Å². The van der Waals surface area contributed by atoms with Crippen LogP contribution in [0.25, 0.3) is 0 Å². The van der Waals surface area contributed by atoms with Gasteiger partial charge in [-0.05, 0) is 0 Å². The first-order valence-corrected chi connectivity index (χ1v) is 8.34. The maximum absolute atomic E-state index is 11.9. The van der Waals surface area contributed by atoms with Crippen LogP contribution in [-0.2, 0) is 19.0 Å². The van der Waals surface area contributed by atoms with E-state index in [1.165, 1.54) is 12.7 Å². The van der Waals surface area contributed by atoms with E-state index in [4.69, 9.17) is 14.2 Å². The summed E-state index contributed by atoms with van der Waals surface area (Å²) in [6, 6.07) is 8.83. The Hall–Kier alpha value is -2.46. The molecule has 6 atom stereocenters. The molecule has 0 saturated carbocycles. The van der Waals surface area contributed by atoms with E-state index in [0.29, 0.717) is 5.84 Å². The van der Waals surface area contributed by atoms with Gasteiger partial charge in [0, 0.05) is 5.56 Å². The zero-order chi connectivity index (χ0) is 17.7. The maximum Gasteiger partial charge on any atom is 0.279 e. The number of aliphatic hydroxyl groups is 1. The number of amidine groups is 1. The molecule has 2 saturated heterocycles. The fourth-order valence-electron chi connectivity index (χ4n) is 3.60. The van der Waals surface area contributed by atoms with Crippen LogP contribution in [0.3, 0.4) is 0 Å². The van der Waals surface area contributed by atoms with Gasteiger partial charge in [0.05, 0.1) is 12.9 Å². The molecule has 1 amide bonds. The van der Waals surface area contributed by atoms with Crippen molar-refractivity contribution in [1.82, 2.24) is 4.90 Å². The fourth-order valence-corrected chi connectivity index (χ4v) is 3.60. The SMILES string of the molecule is O=C1N=CN=C2C1N=CN2[C@@H]1O[C@H](CO)[C@H]2OC(c3ccccc3)O[C@H]21. The summed E-state index contributed by atoms with van der Waals surface area (Å²) < 4.78 is 18.0. The average Bonchev–Trinajstić information content (AvgIpc) is 3.36. The van der Waals surface area contributed by atoms with Crippen LogP contribution in [0.15, 0.2) is 45.3 Å². The summed E-state index contributed by atoms with van der Waals surface area (Å²) in [7, 11) is 0. The summed E-state index contributed by atoms with van der Waals surface area (Å²) >= 11 is 0. The molecule has 2 unspecified atom stereocenters. The number of benzene rings is 1. The molecule has 0 aromatic heterocycles. The van der Waals surface area contributed by atoms with Gasteiger partial charge in [0.15, 0.2) is 18.6 Å². The summed E-state index contributed by atoms with van der Waals surface area (Å²) in [5.41, 5.74) is 0.891. The number of carbonyl (C=O) groups is 1. The van der Waals surface area contributed by atoms with Gasteiger partial charge in [0.25, 0.3) is 5.91 Å². The van der Waals surface area contributed by atoms with Gasteiger partial charge in [0.2, 0.25) is 0 Å². The normalized spacial score (nSPS) is 37.8. The molecule has 9 nitrogen and oxygen atoms in total. The van der Waals surface area contributed by atoms with Gasteiger partial charge >= 0.3 is 0 Å². The lowest BCUT2D eigenvalue weighted by Gasteiger charge is -2.28. The van der Waals surface area contributed by atoms with E-state index >= 15 is 0 Å². The summed E-state index contributed by atoms with van der Waals surface area (Å²) in [6.45, 7) is -0.205. The molecule has 1 aromatic carbocycles. The lowest BCUT2D eigenvalue weighted by molar-refractivity contribution is -0.152. The zero-order valence-corrected chi connectivity index (χ0v) is 13.6. The molecule has 9 heteroatoms. The first-order valence-electron chi connectivity index (χ1n) is 8.34. The molecule has 4 aliphatic rings. The number of aliphatic imine (C=N–C) groups is 3. The molecular formula is C17H16N4O5. The Morgan fingerprint density at radius 3 is 2.73 bits per heavy atom. The van der Waals surface area contributed by atoms with E-state index in [1.807, 2.05) is 30.3 Å². The van der Waals surface area contributed by atoms with Gasteiger partial charge in [-0.2, -0.15) is 4.99 Å². The average molecular weight is 356 g/mol. The second-order valence-corrected chi connectivity index (χ2v) is 6.34. The molecule has 1 aromatic rings. The standard InChI is InChI=1S/C17H16N4O5/c22-6-10-12-13(26-17(25-12)9-4-2-1-3-5-9)16(24-10)21-8-20-11-14(21)18-7-19-15(11)23/h1-5,7-8,10-13,16-17,22H,6H2/t10-,11?,12-,13-,16-,17?/m1/s1. The monoisotopic (exact) mass is 356 g/mol. The quantitative estimate of drug-likeness (QED) is 0.809. The van der Waals surface area contributed by atoms with Crippen LogP contribution in [0.1, 0.15) is 11.9 Å².